The molecule has 1 aliphatic heterocycles. The minimum absolute atomic E-state index is 0.361. The predicted octanol–water partition coefficient (Wildman–Crippen LogP) is 2.39. The number of hydrogen-bond donors (Lipinski definition) is 2. The molecule has 108 valence electrons. The van der Waals surface area contributed by atoms with Crippen molar-refractivity contribution in [1.82, 2.24) is 4.90 Å². The number of piperidine rings is 1. The molecule has 3 nitrogen and oxygen atoms in total. The highest BCUT2D eigenvalue weighted by atomic mass is 16.3. The Kier molecular flexibility index (Phi) is 3.81. The molecule has 20 heavy (non-hydrogen) atoms. The average molecular weight is 272 g/mol. The number of hydrogen-bond acceptors (Lipinski definition) is 3. The van der Waals surface area contributed by atoms with Crippen LogP contribution in [0.2, 0.25) is 0 Å². The zero-order valence-corrected chi connectivity index (χ0v) is 12.0. The van der Waals surface area contributed by atoms with Crippen molar-refractivity contribution in [2.45, 2.75) is 31.7 Å². The molecule has 1 saturated heterocycles. The van der Waals surface area contributed by atoms with Gasteiger partial charge in [-0.15, -0.1) is 0 Å². The number of benzene rings is 1. The number of nitrogens with zero attached hydrogens (tertiary/aromatic N) is 1. The number of nitrogens with two attached hydrogens (primary N) is 1. The first-order valence-electron chi connectivity index (χ1n) is 7.62. The van der Waals surface area contributed by atoms with E-state index in [1.54, 1.807) is 6.07 Å². The fraction of sp³-hybridized carbons (Fsp3) is 0.529. The zero-order valence-electron chi connectivity index (χ0n) is 12.0. The molecular formula is C17H24N2O. The number of phenolic OH excluding ortho intramolecular Hbond substituents is 1. The van der Waals surface area contributed by atoms with Gasteiger partial charge in [0.15, 0.2) is 0 Å². The summed E-state index contributed by atoms with van der Waals surface area (Å²) in [7, 11) is 0. The second-order valence-electron chi connectivity index (χ2n) is 6.24. The molecule has 1 aromatic rings. The standard InChI is InChI=1S/C17H24N2O/c1-12-14(11-19-8-6-15(18)7-9-19)3-2-13-10-16(20)4-5-17(12)13/h4-5,10,14-15,20H,1-3,6-9,11,18H2. The van der Waals surface area contributed by atoms with Gasteiger partial charge >= 0.3 is 0 Å². The van der Waals surface area contributed by atoms with Crippen molar-refractivity contribution >= 4 is 5.57 Å². The third-order valence-corrected chi connectivity index (χ3v) is 4.80. The van der Waals surface area contributed by atoms with Crippen LogP contribution >= 0.6 is 0 Å². The van der Waals surface area contributed by atoms with E-state index < -0.39 is 0 Å². The topological polar surface area (TPSA) is 49.5 Å². The first kappa shape index (κ1) is 13.7. The van der Waals surface area contributed by atoms with Gasteiger partial charge in [0.05, 0.1) is 0 Å². The third kappa shape index (κ3) is 2.74. The predicted molar refractivity (Wildman–Crippen MR) is 82.6 cm³/mol. The summed E-state index contributed by atoms with van der Waals surface area (Å²) in [5.74, 6) is 0.904. The lowest BCUT2D eigenvalue weighted by atomic mass is 9.80. The first-order valence-corrected chi connectivity index (χ1v) is 7.62. The van der Waals surface area contributed by atoms with Gasteiger partial charge in [0.25, 0.3) is 0 Å². The molecule has 0 radical (unpaired) electrons. The SMILES string of the molecule is C=C1c2ccc(O)cc2CCC1CN1CCC(N)CC1. The third-order valence-electron chi connectivity index (χ3n) is 4.80. The van der Waals surface area contributed by atoms with Crippen molar-refractivity contribution in [2.24, 2.45) is 11.7 Å². The maximum atomic E-state index is 9.58. The summed E-state index contributed by atoms with van der Waals surface area (Å²) in [6, 6.07) is 6.07. The highest BCUT2D eigenvalue weighted by molar-refractivity contribution is 5.70. The minimum Gasteiger partial charge on any atom is -0.508 e. The van der Waals surface area contributed by atoms with E-state index >= 15 is 0 Å². The molecule has 3 heteroatoms. The van der Waals surface area contributed by atoms with Crippen molar-refractivity contribution in [3.8, 4) is 5.75 Å². The number of aryl methyl sites for hydroxylation is 1. The highest BCUT2D eigenvalue weighted by Gasteiger charge is 2.26. The van der Waals surface area contributed by atoms with Crippen molar-refractivity contribution < 1.29 is 5.11 Å². The molecule has 3 rings (SSSR count). The van der Waals surface area contributed by atoms with Gasteiger partial charge in [0.2, 0.25) is 0 Å². The number of likely N-dealkylation sites (tertiary alicyclic amines) is 1. The Morgan fingerprint density at radius 1 is 1.25 bits per heavy atom. The van der Waals surface area contributed by atoms with E-state index in [1.165, 1.54) is 16.7 Å². The van der Waals surface area contributed by atoms with Crippen molar-refractivity contribution in [3.05, 3.63) is 35.9 Å². The van der Waals surface area contributed by atoms with Crippen LogP contribution in [0.15, 0.2) is 24.8 Å². The lowest BCUT2D eigenvalue weighted by Gasteiger charge is -2.35. The Morgan fingerprint density at radius 2 is 2.00 bits per heavy atom. The lowest BCUT2D eigenvalue weighted by molar-refractivity contribution is 0.194. The normalized spacial score (nSPS) is 24.6. The van der Waals surface area contributed by atoms with E-state index in [9.17, 15) is 5.11 Å². The van der Waals surface area contributed by atoms with Crippen LogP contribution in [0, 0.1) is 5.92 Å². The molecule has 3 N–H and O–H groups in total. The number of phenols is 1. The van der Waals surface area contributed by atoms with Gasteiger partial charge in [0, 0.05) is 12.6 Å². The second-order valence-corrected chi connectivity index (χ2v) is 6.24. The Bertz CT molecular complexity index is 504. The van der Waals surface area contributed by atoms with E-state index in [0.29, 0.717) is 17.7 Å². The van der Waals surface area contributed by atoms with E-state index in [1.807, 2.05) is 12.1 Å². The van der Waals surface area contributed by atoms with Crippen LogP contribution in [0.3, 0.4) is 0 Å². The maximum absolute atomic E-state index is 9.58. The summed E-state index contributed by atoms with van der Waals surface area (Å²) >= 11 is 0. The maximum Gasteiger partial charge on any atom is 0.115 e. The summed E-state index contributed by atoms with van der Waals surface area (Å²) < 4.78 is 0. The highest BCUT2D eigenvalue weighted by Crippen LogP contribution is 2.36. The molecule has 0 spiro atoms. The fourth-order valence-electron chi connectivity index (χ4n) is 3.47. The Hall–Kier alpha value is -1.32. The van der Waals surface area contributed by atoms with Gasteiger partial charge in [-0.3, -0.25) is 0 Å². The first-order chi connectivity index (χ1) is 9.63. The molecule has 0 amide bonds. The number of rotatable bonds is 2. The van der Waals surface area contributed by atoms with Gasteiger partial charge in [-0.05, 0) is 73.5 Å². The summed E-state index contributed by atoms with van der Waals surface area (Å²) in [5.41, 5.74) is 9.69. The van der Waals surface area contributed by atoms with Gasteiger partial charge in [0.1, 0.15) is 5.75 Å². The molecule has 1 aromatic carbocycles. The Labute approximate surface area is 121 Å². The van der Waals surface area contributed by atoms with Crippen LogP contribution in [0.1, 0.15) is 30.4 Å². The zero-order chi connectivity index (χ0) is 14.1. The van der Waals surface area contributed by atoms with Crippen molar-refractivity contribution in [3.63, 3.8) is 0 Å². The summed E-state index contributed by atoms with van der Waals surface area (Å²) in [6.45, 7) is 7.65. The average Bonchev–Trinajstić information content (AvgIpc) is 2.44. The molecule has 1 heterocycles. The monoisotopic (exact) mass is 272 g/mol. The molecule has 0 saturated carbocycles. The van der Waals surface area contributed by atoms with Crippen LogP contribution in [0.5, 0.6) is 5.75 Å². The van der Waals surface area contributed by atoms with Gasteiger partial charge in [-0.2, -0.15) is 0 Å². The van der Waals surface area contributed by atoms with Crippen LogP contribution in [-0.2, 0) is 6.42 Å². The van der Waals surface area contributed by atoms with E-state index in [2.05, 4.69) is 11.5 Å². The van der Waals surface area contributed by atoms with E-state index in [4.69, 9.17) is 5.73 Å². The van der Waals surface area contributed by atoms with Gasteiger partial charge in [-0.25, -0.2) is 0 Å². The summed E-state index contributed by atoms with van der Waals surface area (Å²) in [5, 5.41) is 9.58. The minimum atomic E-state index is 0.361. The molecule has 1 fully saturated rings. The van der Waals surface area contributed by atoms with Crippen molar-refractivity contribution in [2.75, 3.05) is 19.6 Å². The number of aromatic hydroxyl groups is 1. The van der Waals surface area contributed by atoms with Crippen LogP contribution < -0.4 is 5.73 Å². The summed E-state index contributed by atoms with van der Waals surface area (Å²) in [6.07, 6.45) is 4.41. The smallest absolute Gasteiger partial charge is 0.115 e. The Morgan fingerprint density at radius 3 is 2.75 bits per heavy atom. The molecule has 0 bridgehead atoms. The molecule has 1 atom stereocenters. The summed E-state index contributed by atoms with van der Waals surface area (Å²) in [4.78, 5) is 2.53. The van der Waals surface area contributed by atoms with Gasteiger partial charge in [-0.1, -0.05) is 12.6 Å². The molecule has 2 aliphatic rings. The van der Waals surface area contributed by atoms with Crippen LogP contribution in [0.4, 0.5) is 0 Å². The quantitative estimate of drug-likeness (QED) is 0.869. The fourth-order valence-corrected chi connectivity index (χ4v) is 3.47. The lowest BCUT2D eigenvalue weighted by Crippen LogP contribution is -2.42. The van der Waals surface area contributed by atoms with Crippen LogP contribution in [0.25, 0.3) is 5.57 Å². The van der Waals surface area contributed by atoms with E-state index in [-0.39, 0.29) is 0 Å². The molecule has 1 unspecified atom stereocenters. The Balaban J connectivity index is 1.68. The molecule has 1 aliphatic carbocycles. The molecular weight excluding hydrogens is 248 g/mol. The second kappa shape index (κ2) is 5.58. The van der Waals surface area contributed by atoms with Crippen molar-refractivity contribution in [1.29, 1.82) is 0 Å². The number of fused-ring (bicyclic) bond motifs is 1. The van der Waals surface area contributed by atoms with Crippen LogP contribution in [-0.4, -0.2) is 35.7 Å². The largest absolute Gasteiger partial charge is 0.508 e. The van der Waals surface area contributed by atoms with E-state index in [0.717, 1.165) is 45.3 Å². The molecule has 0 aromatic heterocycles. The van der Waals surface area contributed by atoms with Gasteiger partial charge < -0.3 is 15.7 Å².